The maximum atomic E-state index is 11.5. The van der Waals surface area contributed by atoms with Gasteiger partial charge in [0.2, 0.25) is 10.0 Å². The molecular weight excluding hydrogens is 366 g/mol. The number of amides is 1. The Bertz CT molecular complexity index is 1100. The minimum absolute atomic E-state index is 0.344. The van der Waals surface area contributed by atoms with Crippen molar-refractivity contribution in [2.45, 2.75) is 0 Å². The highest BCUT2D eigenvalue weighted by Gasteiger charge is 2.10. The zero-order chi connectivity index (χ0) is 19.4. The average Bonchev–Trinajstić information content (AvgIpc) is 2.61. The summed E-state index contributed by atoms with van der Waals surface area (Å²) in [6.07, 6.45) is 2.46. The van der Waals surface area contributed by atoms with E-state index < -0.39 is 15.9 Å². The quantitative estimate of drug-likeness (QED) is 0.600. The lowest BCUT2D eigenvalue weighted by Crippen LogP contribution is -2.13. The first kappa shape index (κ1) is 18.3. The lowest BCUT2D eigenvalue weighted by Gasteiger charge is -2.10. The van der Waals surface area contributed by atoms with Crippen molar-refractivity contribution < 1.29 is 13.2 Å². The summed E-state index contributed by atoms with van der Waals surface area (Å²) >= 11 is 0. The number of hydrogen-bond acceptors (Lipinski definition) is 6. The fourth-order valence-electron chi connectivity index (χ4n) is 2.48. The average molecular weight is 383 g/mol. The Morgan fingerprint density at radius 2 is 1.81 bits per heavy atom. The second kappa shape index (κ2) is 7.42. The van der Waals surface area contributed by atoms with Crippen molar-refractivity contribution in [1.29, 1.82) is 0 Å². The predicted octanol–water partition coefficient (Wildman–Crippen LogP) is 2.36. The number of primary amides is 1. The minimum Gasteiger partial charge on any atom is -0.366 e. The smallest absolute Gasteiger partial charge is 0.250 e. The highest BCUT2D eigenvalue weighted by molar-refractivity contribution is 7.92. The highest BCUT2D eigenvalue weighted by atomic mass is 32.2. The van der Waals surface area contributed by atoms with Crippen LogP contribution in [-0.4, -0.2) is 30.5 Å². The molecule has 0 radical (unpaired) electrons. The lowest BCUT2D eigenvalue weighted by atomic mass is 10.1. The number of sulfonamides is 1. The molecule has 0 saturated heterocycles. The van der Waals surface area contributed by atoms with Crippen LogP contribution < -0.4 is 15.8 Å². The van der Waals surface area contributed by atoms with E-state index >= 15 is 0 Å². The van der Waals surface area contributed by atoms with E-state index in [0.717, 1.165) is 6.26 Å². The summed E-state index contributed by atoms with van der Waals surface area (Å²) in [5, 5.41) is 3.05. The highest BCUT2D eigenvalue weighted by Crippen LogP contribution is 2.25. The van der Waals surface area contributed by atoms with Crippen LogP contribution in [0.1, 0.15) is 10.4 Å². The molecule has 0 bridgehead atoms. The molecule has 0 unspecified atom stereocenters. The Kier molecular flexibility index (Phi) is 5.04. The maximum absolute atomic E-state index is 11.5. The number of carbonyl (C=O) groups is 1. The van der Waals surface area contributed by atoms with Crippen molar-refractivity contribution in [3.05, 3.63) is 66.5 Å². The molecule has 9 heteroatoms. The van der Waals surface area contributed by atoms with Crippen LogP contribution in [0.25, 0.3) is 11.3 Å². The van der Waals surface area contributed by atoms with E-state index in [1.54, 1.807) is 54.6 Å². The Labute approximate surface area is 156 Å². The first-order chi connectivity index (χ1) is 12.8. The lowest BCUT2D eigenvalue weighted by molar-refractivity contribution is 0.100. The molecule has 0 aliphatic carbocycles. The third-order valence-electron chi connectivity index (χ3n) is 3.58. The molecule has 3 rings (SSSR count). The van der Waals surface area contributed by atoms with Crippen molar-refractivity contribution in [3.63, 3.8) is 0 Å². The van der Waals surface area contributed by atoms with Crippen molar-refractivity contribution in [1.82, 2.24) is 9.97 Å². The Hall–Kier alpha value is -3.46. The van der Waals surface area contributed by atoms with E-state index in [-0.39, 0.29) is 0 Å². The molecule has 0 saturated carbocycles. The summed E-state index contributed by atoms with van der Waals surface area (Å²) in [4.78, 5) is 19.9. The fourth-order valence-corrected chi connectivity index (χ4v) is 3.04. The third-order valence-corrected chi connectivity index (χ3v) is 4.19. The van der Waals surface area contributed by atoms with Gasteiger partial charge in [-0.2, -0.15) is 0 Å². The minimum atomic E-state index is -3.38. The Morgan fingerprint density at radius 1 is 1.04 bits per heavy atom. The number of benzene rings is 2. The second-order valence-corrected chi connectivity index (χ2v) is 7.53. The first-order valence-electron chi connectivity index (χ1n) is 7.88. The molecule has 0 atom stereocenters. The number of nitrogens with one attached hydrogen (secondary N) is 2. The van der Waals surface area contributed by atoms with Crippen molar-refractivity contribution in [2.24, 2.45) is 5.73 Å². The standard InChI is InChI=1S/C18H17N5O3S/c1-27(25,26)23-13-6-4-5-12(9-13)16-10-17(21-11-20-16)22-15-8-3-2-7-14(15)18(19)24/h2-11,23H,1H3,(H2,19,24)(H,20,21,22). The molecule has 0 aliphatic rings. The number of carbonyl (C=O) groups excluding carboxylic acids is 1. The normalized spacial score (nSPS) is 11.0. The van der Waals surface area contributed by atoms with Crippen molar-refractivity contribution in [3.8, 4) is 11.3 Å². The van der Waals surface area contributed by atoms with Crippen LogP contribution in [0.4, 0.5) is 17.2 Å². The number of anilines is 3. The van der Waals surface area contributed by atoms with Crippen LogP contribution in [0, 0.1) is 0 Å². The van der Waals surface area contributed by atoms with E-state index in [1.165, 1.54) is 6.33 Å². The van der Waals surface area contributed by atoms with Gasteiger partial charge in [0.05, 0.1) is 23.2 Å². The molecular formula is C18H17N5O3S. The van der Waals surface area contributed by atoms with Crippen LogP contribution in [0.3, 0.4) is 0 Å². The largest absolute Gasteiger partial charge is 0.366 e. The monoisotopic (exact) mass is 383 g/mol. The zero-order valence-corrected chi connectivity index (χ0v) is 15.2. The number of nitrogens with zero attached hydrogens (tertiary/aromatic N) is 2. The van der Waals surface area contributed by atoms with Crippen LogP contribution in [-0.2, 0) is 10.0 Å². The van der Waals surface area contributed by atoms with E-state index in [9.17, 15) is 13.2 Å². The van der Waals surface area contributed by atoms with E-state index in [2.05, 4.69) is 20.0 Å². The summed E-state index contributed by atoms with van der Waals surface area (Å²) in [7, 11) is -3.38. The molecule has 1 aromatic heterocycles. The number of rotatable bonds is 6. The Morgan fingerprint density at radius 3 is 2.56 bits per heavy atom. The predicted molar refractivity (Wildman–Crippen MR) is 104 cm³/mol. The number of aromatic nitrogens is 2. The topological polar surface area (TPSA) is 127 Å². The van der Waals surface area contributed by atoms with Crippen molar-refractivity contribution >= 4 is 33.1 Å². The van der Waals surface area contributed by atoms with Gasteiger partial charge in [0.25, 0.3) is 5.91 Å². The van der Waals surface area contributed by atoms with Gasteiger partial charge in [-0.25, -0.2) is 18.4 Å². The molecule has 0 spiro atoms. The Balaban J connectivity index is 1.91. The van der Waals surface area contributed by atoms with Gasteiger partial charge in [-0.3, -0.25) is 9.52 Å². The van der Waals surface area contributed by atoms with E-state index in [1.807, 2.05) is 0 Å². The summed E-state index contributed by atoms with van der Waals surface area (Å²) in [5.74, 6) is -0.0814. The molecule has 2 aromatic carbocycles. The number of para-hydroxylation sites is 1. The van der Waals surface area contributed by atoms with Gasteiger partial charge in [0.15, 0.2) is 0 Å². The van der Waals surface area contributed by atoms with Gasteiger partial charge in [-0.05, 0) is 24.3 Å². The van der Waals surface area contributed by atoms with E-state index in [4.69, 9.17) is 5.73 Å². The molecule has 3 aromatic rings. The van der Waals surface area contributed by atoms with Crippen LogP contribution in [0.5, 0.6) is 0 Å². The summed E-state index contributed by atoms with van der Waals surface area (Å²) in [6.45, 7) is 0. The van der Waals surface area contributed by atoms with Crippen LogP contribution >= 0.6 is 0 Å². The van der Waals surface area contributed by atoms with Gasteiger partial charge in [0.1, 0.15) is 12.1 Å². The SMILES string of the molecule is CS(=O)(=O)Nc1cccc(-c2cc(Nc3ccccc3C(N)=O)ncn2)c1. The maximum Gasteiger partial charge on any atom is 0.250 e. The van der Waals surface area contributed by atoms with Crippen molar-refractivity contribution in [2.75, 3.05) is 16.3 Å². The fraction of sp³-hybridized carbons (Fsp3) is 0.0556. The first-order valence-corrected chi connectivity index (χ1v) is 9.77. The van der Waals surface area contributed by atoms with Gasteiger partial charge in [-0.1, -0.05) is 24.3 Å². The van der Waals surface area contributed by atoms with Crippen LogP contribution in [0.15, 0.2) is 60.9 Å². The number of hydrogen-bond donors (Lipinski definition) is 3. The molecule has 27 heavy (non-hydrogen) atoms. The van der Waals surface area contributed by atoms with E-state index in [0.29, 0.717) is 34.0 Å². The molecule has 0 aliphatic heterocycles. The summed E-state index contributed by atoms with van der Waals surface area (Å²) < 4.78 is 25.2. The van der Waals surface area contributed by atoms with Gasteiger partial charge in [0, 0.05) is 17.3 Å². The number of nitrogens with two attached hydrogens (primary N) is 1. The second-order valence-electron chi connectivity index (χ2n) is 5.78. The molecule has 1 amide bonds. The molecule has 1 heterocycles. The summed E-state index contributed by atoms with van der Waals surface area (Å²) in [6, 6.07) is 15.4. The molecule has 0 fully saturated rings. The molecule has 8 nitrogen and oxygen atoms in total. The molecule has 4 N–H and O–H groups in total. The zero-order valence-electron chi connectivity index (χ0n) is 14.4. The van der Waals surface area contributed by atoms with Gasteiger partial charge >= 0.3 is 0 Å². The molecule has 138 valence electrons. The third kappa shape index (κ3) is 4.79. The van der Waals surface area contributed by atoms with Crippen LogP contribution in [0.2, 0.25) is 0 Å². The summed E-state index contributed by atoms with van der Waals surface area (Å²) in [5.41, 5.74) is 7.99. The van der Waals surface area contributed by atoms with Gasteiger partial charge in [-0.15, -0.1) is 0 Å². The van der Waals surface area contributed by atoms with Gasteiger partial charge < -0.3 is 11.1 Å².